The molecule has 0 spiro atoms. The van der Waals surface area contributed by atoms with Crippen LogP contribution in [0.1, 0.15) is 17.2 Å². The minimum atomic E-state index is 0.284. The van der Waals surface area contributed by atoms with Gasteiger partial charge in [0.1, 0.15) is 0 Å². The second-order valence-corrected chi connectivity index (χ2v) is 7.78. The quantitative estimate of drug-likeness (QED) is 0.504. The highest BCUT2D eigenvalue weighted by Gasteiger charge is 2.24. The Balaban J connectivity index is 1.54. The van der Waals surface area contributed by atoms with Crippen molar-refractivity contribution in [3.05, 3.63) is 108 Å². The largest absolute Gasteiger partial charge is 0.314 e. The van der Waals surface area contributed by atoms with Crippen molar-refractivity contribution in [1.82, 2.24) is 10.2 Å². The molecular formula is C27H26N2. The second kappa shape index (κ2) is 8.20. The summed E-state index contributed by atoms with van der Waals surface area (Å²) in [6, 6.07) is 35.6. The van der Waals surface area contributed by atoms with Crippen molar-refractivity contribution in [3.8, 4) is 11.1 Å². The van der Waals surface area contributed by atoms with E-state index in [9.17, 15) is 0 Å². The molecule has 1 atom stereocenters. The molecule has 0 radical (unpaired) electrons. The fraction of sp³-hybridized carbons (Fsp3) is 0.185. The Labute approximate surface area is 172 Å². The number of fused-ring (bicyclic) bond motifs is 1. The minimum Gasteiger partial charge on any atom is -0.314 e. The molecular weight excluding hydrogens is 352 g/mol. The predicted molar refractivity (Wildman–Crippen MR) is 122 cm³/mol. The number of benzene rings is 4. The third kappa shape index (κ3) is 3.82. The van der Waals surface area contributed by atoms with Gasteiger partial charge in [0.25, 0.3) is 0 Å². The predicted octanol–water partition coefficient (Wildman–Crippen LogP) is 5.50. The zero-order valence-electron chi connectivity index (χ0n) is 16.6. The van der Waals surface area contributed by atoms with E-state index in [2.05, 4.69) is 107 Å². The summed E-state index contributed by atoms with van der Waals surface area (Å²) < 4.78 is 0. The van der Waals surface area contributed by atoms with Crippen LogP contribution in [-0.4, -0.2) is 31.1 Å². The molecule has 144 valence electrons. The van der Waals surface area contributed by atoms with Crippen LogP contribution in [0.15, 0.2) is 97.1 Å². The summed E-state index contributed by atoms with van der Waals surface area (Å²) in [5.41, 5.74) is 5.27. The van der Waals surface area contributed by atoms with Crippen LogP contribution in [0.4, 0.5) is 0 Å². The van der Waals surface area contributed by atoms with Crippen molar-refractivity contribution in [2.45, 2.75) is 6.04 Å². The average Bonchev–Trinajstić information content (AvgIpc) is 2.81. The van der Waals surface area contributed by atoms with Crippen LogP contribution in [-0.2, 0) is 0 Å². The standard InChI is InChI=1S/C27H26N2/c1-2-6-21(7-3-1)23-10-13-24(14-11-23)27(29-18-16-28-17-19-29)26-15-12-22-8-4-5-9-25(22)20-26/h1-15,20,27-28H,16-19H2. The lowest BCUT2D eigenvalue weighted by atomic mass is 9.93. The number of nitrogens with zero attached hydrogens (tertiary/aromatic N) is 1. The molecule has 0 aliphatic carbocycles. The van der Waals surface area contributed by atoms with Gasteiger partial charge in [-0.3, -0.25) is 4.90 Å². The molecule has 4 aromatic carbocycles. The van der Waals surface area contributed by atoms with Crippen molar-refractivity contribution in [3.63, 3.8) is 0 Å². The van der Waals surface area contributed by atoms with E-state index in [0.717, 1.165) is 26.2 Å². The van der Waals surface area contributed by atoms with E-state index < -0.39 is 0 Å². The fourth-order valence-electron chi connectivity index (χ4n) is 4.42. The van der Waals surface area contributed by atoms with Gasteiger partial charge in [-0.15, -0.1) is 0 Å². The molecule has 2 nitrogen and oxygen atoms in total. The van der Waals surface area contributed by atoms with Crippen LogP contribution >= 0.6 is 0 Å². The summed E-state index contributed by atoms with van der Waals surface area (Å²) in [5, 5.41) is 6.10. The number of piperazine rings is 1. The number of hydrogen-bond acceptors (Lipinski definition) is 2. The summed E-state index contributed by atoms with van der Waals surface area (Å²) in [6.07, 6.45) is 0. The molecule has 1 aliphatic rings. The summed E-state index contributed by atoms with van der Waals surface area (Å²) >= 11 is 0. The van der Waals surface area contributed by atoms with Crippen LogP contribution in [0.5, 0.6) is 0 Å². The highest BCUT2D eigenvalue weighted by Crippen LogP contribution is 2.32. The van der Waals surface area contributed by atoms with Gasteiger partial charge in [-0.2, -0.15) is 0 Å². The molecule has 0 amide bonds. The van der Waals surface area contributed by atoms with E-state index in [-0.39, 0.29) is 6.04 Å². The molecule has 4 aromatic rings. The first kappa shape index (κ1) is 18.1. The normalized spacial score (nSPS) is 16.0. The molecule has 0 aromatic heterocycles. The third-order valence-corrected chi connectivity index (χ3v) is 5.94. The third-order valence-electron chi connectivity index (χ3n) is 5.94. The Hall–Kier alpha value is -2.94. The van der Waals surface area contributed by atoms with Crippen LogP contribution in [0.3, 0.4) is 0 Å². The first-order valence-corrected chi connectivity index (χ1v) is 10.5. The highest BCUT2D eigenvalue weighted by molar-refractivity contribution is 5.83. The van der Waals surface area contributed by atoms with Gasteiger partial charge < -0.3 is 5.32 Å². The molecule has 2 heteroatoms. The van der Waals surface area contributed by atoms with E-state index in [0.29, 0.717) is 0 Å². The number of rotatable bonds is 4. The SMILES string of the molecule is c1ccc(-c2ccc(C(c3ccc4ccccc4c3)N3CCNCC3)cc2)cc1. The Morgan fingerprint density at radius 3 is 1.97 bits per heavy atom. The molecule has 0 saturated carbocycles. The van der Waals surface area contributed by atoms with Crippen molar-refractivity contribution in [1.29, 1.82) is 0 Å². The van der Waals surface area contributed by atoms with E-state index in [4.69, 9.17) is 0 Å². The molecule has 1 heterocycles. The van der Waals surface area contributed by atoms with Gasteiger partial charge in [-0.1, -0.05) is 91.0 Å². The van der Waals surface area contributed by atoms with Gasteiger partial charge in [0.05, 0.1) is 6.04 Å². The lowest BCUT2D eigenvalue weighted by Gasteiger charge is -2.35. The summed E-state index contributed by atoms with van der Waals surface area (Å²) in [5.74, 6) is 0. The molecule has 29 heavy (non-hydrogen) atoms. The van der Waals surface area contributed by atoms with Crippen LogP contribution < -0.4 is 5.32 Å². The minimum absolute atomic E-state index is 0.284. The Morgan fingerprint density at radius 1 is 0.586 bits per heavy atom. The zero-order valence-corrected chi connectivity index (χ0v) is 16.6. The van der Waals surface area contributed by atoms with E-state index in [1.165, 1.54) is 33.0 Å². The maximum atomic E-state index is 3.49. The topological polar surface area (TPSA) is 15.3 Å². The molecule has 1 N–H and O–H groups in total. The van der Waals surface area contributed by atoms with Crippen LogP contribution in [0.25, 0.3) is 21.9 Å². The lowest BCUT2D eigenvalue weighted by molar-refractivity contribution is 0.198. The molecule has 1 saturated heterocycles. The van der Waals surface area contributed by atoms with Crippen molar-refractivity contribution in [2.24, 2.45) is 0 Å². The number of hydrogen-bond donors (Lipinski definition) is 1. The summed E-state index contributed by atoms with van der Waals surface area (Å²) in [4.78, 5) is 2.61. The maximum Gasteiger partial charge on any atom is 0.0602 e. The van der Waals surface area contributed by atoms with Crippen LogP contribution in [0, 0.1) is 0 Å². The van der Waals surface area contributed by atoms with Gasteiger partial charge in [0, 0.05) is 26.2 Å². The fourth-order valence-corrected chi connectivity index (χ4v) is 4.42. The first-order valence-electron chi connectivity index (χ1n) is 10.5. The monoisotopic (exact) mass is 378 g/mol. The Bertz CT molecular complexity index is 1080. The molecule has 1 fully saturated rings. The van der Waals surface area contributed by atoms with Crippen molar-refractivity contribution >= 4 is 10.8 Å². The molecule has 1 unspecified atom stereocenters. The second-order valence-electron chi connectivity index (χ2n) is 7.78. The van der Waals surface area contributed by atoms with Gasteiger partial charge in [-0.25, -0.2) is 0 Å². The van der Waals surface area contributed by atoms with E-state index in [1.807, 2.05) is 0 Å². The number of nitrogens with one attached hydrogen (secondary N) is 1. The highest BCUT2D eigenvalue weighted by atomic mass is 15.2. The van der Waals surface area contributed by atoms with Crippen LogP contribution in [0.2, 0.25) is 0 Å². The summed E-state index contributed by atoms with van der Waals surface area (Å²) in [6.45, 7) is 4.23. The van der Waals surface area contributed by atoms with Gasteiger partial charge in [-0.05, 0) is 39.1 Å². The van der Waals surface area contributed by atoms with E-state index >= 15 is 0 Å². The Morgan fingerprint density at radius 2 is 1.21 bits per heavy atom. The van der Waals surface area contributed by atoms with Crippen molar-refractivity contribution in [2.75, 3.05) is 26.2 Å². The first-order chi connectivity index (χ1) is 14.4. The van der Waals surface area contributed by atoms with Gasteiger partial charge in [0.15, 0.2) is 0 Å². The maximum absolute atomic E-state index is 3.49. The van der Waals surface area contributed by atoms with Gasteiger partial charge in [0.2, 0.25) is 0 Å². The molecule has 5 rings (SSSR count). The molecule has 0 bridgehead atoms. The Kier molecular flexibility index (Phi) is 5.12. The average molecular weight is 379 g/mol. The molecule has 1 aliphatic heterocycles. The van der Waals surface area contributed by atoms with Crippen molar-refractivity contribution < 1.29 is 0 Å². The smallest absolute Gasteiger partial charge is 0.0602 e. The lowest BCUT2D eigenvalue weighted by Crippen LogP contribution is -2.45. The van der Waals surface area contributed by atoms with E-state index in [1.54, 1.807) is 0 Å². The summed E-state index contributed by atoms with van der Waals surface area (Å²) in [7, 11) is 0. The van der Waals surface area contributed by atoms with Gasteiger partial charge >= 0.3 is 0 Å². The zero-order chi connectivity index (χ0) is 19.5.